The first-order chi connectivity index (χ1) is 13.0. The fraction of sp³-hybridized carbons (Fsp3) is 0.263. The minimum Gasteiger partial charge on any atom is -0.486 e. The minimum absolute atomic E-state index is 0.0591. The number of halogens is 1. The first-order valence-electron chi connectivity index (χ1n) is 8.48. The molecule has 0 spiro atoms. The average Bonchev–Trinajstić information content (AvgIpc) is 2.65. The summed E-state index contributed by atoms with van der Waals surface area (Å²) < 4.78 is 12.3. The van der Waals surface area contributed by atoms with Gasteiger partial charge in [0.05, 0.1) is 19.0 Å². The zero-order valence-electron chi connectivity index (χ0n) is 14.5. The van der Waals surface area contributed by atoms with Crippen molar-refractivity contribution in [2.45, 2.75) is 18.6 Å². The van der Waals surface area contributed by atoms with Gasteiger partial charge in [-0.2, -0.15) is 0 Å². The van der Waals surface area contributed by atoms with E-state index in [0.717, 1.165) is 10.0 Å². The maximum absolute atomic E-state index is 12.4. The fourth-order valence-corrected chi connectivity index (χ4v) is 3.21. The Bertz CT molecular complexity index is 830. The van der Waals surface area contributed by atoms with Crippen LogP contribution in [0.25, 0.3) is 0 Å². The van der Waals surface area contributed by atoms with Crippen LogP contribution in [-0.2, 0) is 4.79 Å². The standard InChI is InChI=1S/C19H20BrN3O4/c20-13-5-3-4-12(8-13)15(23-19(21)25)9-18(24)22-10-14-11-26-16-6-1-2-7-17(16)27-14/h1-8,14-15H,9-11H2,(H,22,24)(H3,21,23,25)/t14-,15-/m0/s1. The van der Waals surface area contributed by atoms with Crippen molar-refractivity contribution in [3.8, 4) is 11.5 Å². The van der Waals surface area contributed by atoms with Crippen molar-refractivity contribution in [3.05, 3.63) is 58.6 Å². The predicted molar refractivity (Wildman–Crippen MR) is 104 cm³/mol. The number of amides is 3. The lowest BCUT2D eigenvalue weighted by atomic mass is 10.0. The first kappa shape index (κ1) is 19.0. The quantitative estimate of drug-likeness (QED) is 0.650. The number of hydrogen-bond donors (Lipinski definition) is 3. The number of rotatable bonds is 6. The summed E-state index contributed by atoms with van der Waals surface area (Å²) in [5.41, 5.74) is 6.03. The lowest BCUT2D eigenvalue weighted by Crippen LogP contribution is -2.42. The molecule has 3 amide bonds. The molecule has 1 aliphatic rings. The maximum Gasteiger partial charge on any atom is 0.312 e. The predicted octanol–water partition coefficient (Wildman–Crippen LogP) is 2.50. The van der Waals surface area contributed by atoms with Crippen LogP contribution in [0.5, 0.6) is 11.5 Å². The van der Waals surface area contributed by atoms with Gasteiger partial charge in [0, 0.05) is 4.47 Å². The number of ether oxygens (including phenoxy) is 2. The molecule has 3 rings (SSSR count). The second-order valence-corrected chi connectivity index (χ2v) is 7.04. The van der Waals surface area contributed by atoms with E-state index in [1.807, 2.05) is 48.5 Å². The van der Waals surface area contributed by atoms with E-state index >= 15 is 0 Å². The fourth-order valence-electron chi connectivity index (χ4n) is 2.80. The Kier molecular flexibility index (Phi) is 6.18. The highest BCUT2D eigenvalue weighted by Gasteiger charge is 2.22. The summed E-state index contributed by atoms with van der Waals surface area (Å²) in [6.45, 7) is 0.654. The second-order valence-electron chi connectivity index (χ2n) is 6.12. The van der Waals surface area contributed by atoms with Crippen LogP contribution >= 0.6 is 15.9 Å². The summed E-state index contributed by atoms with van der Waals surface area (Å²) in [4.78, 5) is 23.7. The Morgan fingerprint density at radius 2 is 1.96 bits per heavy atom. The van der Waals surface area contributed by atoms with E-state index in [0.29, 0.717) is 24.7 Å². The molecule has 0 aromatic heterocycles. The van der Waals surface area contributed by atoms with Gasteiger partial charge in [0.15, 0.2) is 11.5 Å². The van der Waals surface area contributed by atoms with Crippen LogP contribution in [0.3, 0.4) is 0 Å². The molecule has 0 saturated heterocycles. The van der Waals surface area contributed by atoms with E-state index in [9.17, 15) is 9.59 Å². The molecule has 0 unspecified atom stereocenters. The molecular weight excluding hydrogens is 414 g/mol. The molecule has 2 aromatic carbocycles. The summed E-state index contributed by atoms with van der Waals surface area (Å²) in [6, 6.07) is 13.5. The minimum atomic E-state index is -0.687. The molecule has 142 valence electrons. The molecule has 8 heteroatoms. The highest BCUT2D eigenvalue weighted by atomic mass is 79.9. The van der Waals surface area contributed by atoms with Crippen LogP contribution < -0.4 is 25.8 Å². The van der Waals surface area contributed by atoms with Crippen molar-refractivity contribution < 1.29 is 19.1 Å². The molecule has 27 heavy (non-hydrogen) atoms. The number of para-hydroxylation sites is 2. The van der Waals surface area contributed by atoms with Crippen LogP contribution in [0.2, 0.25) is 0 Å². The Morgan fingerprint density at radius 3 is 2.70 bits per heavy atom. The van der Waals surface area contributed by atoms with E-state index in [1.165, 1.54) is 0 Å². The molecule has 4 N–H and O–H groups in total. The number of hydrogen-bond acceptors (Lipinski definition) is 4. The number of carbonyl (C=O) groups excluding carboxylic acids is 2. The summed E-state index contributed by atoms with van der Waals surface area (Å²) >= 11 is 3.38. The van der Waals surface area contributed by atoms with Crippen LogP contribution in [0.15, 0.2) is 53.0 Å². The van der Waals surface area contributed by atoms with Crippen molar-refractivity contribution in [1.29, 1.82) is 0 Å². The van der Waals surface area contributed by atoms with Crippen LogP contribution in [-0.4, -0.2) is 31.2 Å². The molecule has 0 radical (unpaired) electrons. The Morgan fingerprint density at radius 1 is 1.19 bits per heavy atom. The third kappa shape index (κ3) is 5.37. The zero-order chi connectivity index (χ0) is 19.2. The van der Waals surface area contributed by atoms with Crippen molar-refractivity contribution >= 4 is 27.9 Å². The third-order valence-corrected chi connectivity index (χ3v) is 4.54. The van der Waals surface area contributed by atoms with Gasteiger partial charge >= 0.3 is 6.03 Å². The van der Waals surface area contributed by atoms with Gasteiger partial charge in [0.25, 0.3) is 0 Å². The van der Waals surface area contributed by atoms with Crippen LogP contribution in [0.4, 0.5) is 4.79 Å². The monoisotopic (exact) mass is 433 g/mol. The number of primary amides is 1. The summed E-state index contributed by atoms with van der Waals surface area (Å²) in [7, 11) is 0. The van der Waals surface area contributed by atoms with Gasteiger partial charge < -0.3 is 25.8 Å². The topological polar surface area (TPSA) is 103 Å². The maximum atomic E-state index is 12.4. The highest BCUT2D eigenvalue weighted by molar-refractivity contribution is 9.10. The van der Waals surface area contributed by atoms with Gasteiger partial charge in [-0.3, -0.25) is 4.79 Å². The normalized spacial score (nSPS) is 16.3. The number of urea groups is 1. The highest BCUT2D eigenvalue weighted by Crippen LogP contribution is 2.30. The Labute approximate surface area is 165 Å². The number of carbonyl (C=O) groups is 2. The molecule has 0 aliphatic carbocycles. The molecule has 1 heterocycles. The summed E-state index contributed by atoms with van der Waals surface area (Å²) in [5, 5.41) is 5.43. The van der Waals surface area contributed by atoms with Gasteiger partial charge in [-0.25, -0.2) is 4.79 Å². The molecule has 0 bridgehead atoms. The molecule has 2 aromatic rings. The van der Waals surface area contributed by atoms with E-state index in [2.05, 4.69) is 26.6 Å². The summed E-state index contributed by atoms with van der Waals surface area (Å²) in [5.74, 6) is 1.13. The molecule has 7 nitrogen and oxygen atoms in total. The largest absolute Gasteiger partial charge is 0.486 e. The van der Waals surface area contributed by atoms with Gasteiger partial charge in [-0.05, 0) is 29.8 Å². The second kappa shape index (κ2) is 8.77. The van der Waals surface area contributed by atoms with Crippen molar-refractivity contribution in [2.24, 2.45) is 5.73 Å². The molecule has 2 atom stereocenters. The first-order valence-corrected chi connectivity index (χ1v) is 9.27. The Balaban J connectivity index is 1.56. The lowest BCUT2D eigenvalue weighted by molar-refractivity contribution is -0.122. The average molecular weight is 434 g/mol. The van der Waals surface area contributed by atoms with Crippen molar-refractivity contribution in [3.63, 3.8) is 0 Å². The molecule has 0 fully saturated rings. The number of nitrogens with two attached hydrogens (primary N) is 1. The Hall–Kier alpha value is -2.74. The van der Waals surface area contributed by atoms with Gasteiger partial charge in [0.2, 0.25) is 5.91 Å². The van der Waals surface area contributed by atoms with Crippen molar-refractivity contribution in [2.75, 3.05) is 13.2 Å². The van der Waals surface area contributed by atoms with E-state index in [-0.39, 0.29) is 18.4 Å². The number of nitrogens with one attached hydrogen (secondary N) is 2. The number of fused-ring (bicyclic) bond motifs is 1. The zero-order valence-corrected chi connectivity index (χ0v) is 16.1. The molecule has 1 aliphatic heterocycles. The SMILES string of the molecule is NC(=O)N[C@@H](CC(=O)NC[C@H]1COc2ccccc2O1)c1cccc(Br)c1. The third-order valence-electron chi connectivity index (χ3n) is 4.05. The van der Waals surface area contributed by atoms with E-state index in [4.69, 9.17) is 15.2 Å². The smallest absolute Gasteiger partial charge is 0.312 e. The van der Waals surface area contributed by atoms with E-state index < -0.39 is 12.1 Å². The lowest BCUT2D eigenvalue weighted by Gasteiger charge is -2.26. The van der Waals surface area contributed by atoms with Crippen LogP contribution in [0, 0.1) is 0 Å². The summed E-state index contributed by atoms with van der Waals surface area (Å²) in [6.07, 6.45) is -0.221. The number of benzene rings is 2. The van der Waals surface area contributed by atoms with Gasteiger partial charge in [-0.1, -0.05) is 40.2 Å². The van der Waals surface area contributed by atoms with Crippen LogP contribution in [0.1, 0.15) is 18.0 Å². The van der Waals surface area contributed by atoms with Gasteiger partial charge in [0.1, 0.15) is 12.7 Å². The van der Waals surface area contributed by atoms with Crippen molar-refractivity contribution in [1.82, 2.24) is 10.6 Å². The van der Waals surface area contributed by atoms with Gasteiger partial charge in [-0.15, -0.1) is 0 Å². The molecular formula is C19H20BrN3O4. The molecule has 0 saturated carbocycles. The van der Waals surface area contributed by atoms with E-state index in [1.54, 1.807) is 0 Å².